The van der Waals surface area contributed by atoms with Crippen LogP contribution in [0.1, 0.15) is 10.4 Å². The van der Waals surface area contributed by atoms with Crippen LogP contribution in [-0.4, -0.2) is 19.9 Å². The minimum Gasteiger partial charge on any atom is -0.253 e. The van der Waals surface area contributed by atoms with Gasteiger partial charge in [0.25, 0.3) is 0 Å². The predicted molar refractivity (Wildman–Crippen MR) is 77.2 cm³/mol. The van der Waals surface area contributed by atoms with Crippen LogP contribution < -0.4 is 4.72 Å². The van der Waals surface area contributed by atoms with Gasteiger partial charge in [0.15, 0.2) is 0 Å². The van der Waals surface area contributed by atoms with Gasteiger partial charge in [0.2, 0.25) is 10.0 Å². The quantitative estimate of drug-likeness (QED) is 0.922. The minimum absolute atomic E-state index is 0.187. The standard InChI is InChI=1S/C12H13ClN2O2S2/c1-9-2-3-11(6-12(9)13)19(16,17)15-5-4-10-7-14-8-18-10/h2-3,6-8,15H,4-5H2,1H3. The summed E-state index contributed by atoms with van der Waals surface area (Å²) in [6.45, 7) is 2.17. The van der Waals surface area contributed by atoms with E-state index in [-0.39, 0.29) is 4.90 Å². The number of nitrogens with one attached hydrogen (secondary N) is 1. The Labute approximate surface area is 121 Å². The number of sulfonamides is 1. The highest BCUT2D eigenvalue weighted by atomic mass is 35.5. The second-order valence-corrected chi connectivity index (χ2v) is 7.17. The normalized spacial score (nSPS) is 11.7. The molecule has 0 fully saturated rings. The van der Waals surface area contributed by atoms with E-state index in [4.69, 9.17) is 11.6 Å². The predicted octanol–water partition coefficient (Wildman–Crippen LogP) is 2.63. The summed E-state index contributed by atoms with van der Waals surface area (Å²) in [6.07, 6.45) is 2.37. The fraction of sp³-hybridized carbons (Fsp3) is 0.250. The Bertz CT molecular complexity index is 654. The van der Waals surface area contributed by atoms with Crippen LogP contribution in [0.3, 0.4) is 0 Å². The smallest absolute Gasteiger partial charge is 0.240 e. The molecule has 0 aliphatic heterocycles. The fourth-order valence-corrected chi connectivity index (χ4v) is 3.40. The Morgan fingerprint density at radius 1 is 1.42 bits per heavy atom. The van der Waals surface area contributed by atoms with Crippen molar-refractivity contribution in [2.45, 2.75) is 18.2 Å². The van der Waals surface area contributed by atoms with Crippen LogP contribution in [0.15, 0.2) is 34.8 Å². The molecule has 2 rings (SSSR count). The van der Waals surface area contributed by atoms with Crippen molar-refractivity contribution in [2.24, 2.45) is 0 Å². The first kappa shape index (κ1) is 14.5. The number of benzene rings is 1. The first-order valence-corrected chi connectivity index (χ1v) is 8.36. The zero-order chi connectivity index (χ0) is 13.9. The SMILES string of the molecule is Cc1ccc(S(=O)(=O)NCCc2cncs2)cc1Cl. The molecule has 102 valence electrons. The average Bonchev–Trinajstić information content (AvgIpc) is 2.85. The number of thiazole rings is 1. The van der Waals surface area contributed by atoms with Crippen LogP contribution >= 0.6 is 22.9 Å². The van der Waals surface area contributed by atoms with Crippen LogP contribution in [0.2, 0.25) is 5.02 Å². The van der Waals surface area contributed by atoms with E-state index < -0.39 is 10.0 Å². The first-order valence-electron chi connectivity index (χ1n) is 5.62. The zero-order valence-corrected chi connectivity index (χ0v) is 12.6. The number of rotatable bonds is 5. The molecule has 1 heterocycles. The van der Waals surface area contributed by atoms with Crippen molar-refractivity contribution in [3.05, 3.63) is 45.4 Å². The number of aryl methyl sites for hydroxylation is 1. The number of aromatic nitrogens is 1. The molecular formula is C12H13ClN2O2S2. The number of halogens is 1. The van der Waals surface area contributed by atoms with Gasteiger partial charge in [-0.25, -0.2) is 13.1 Å². The summed E-state index contributed by atoms with van der Waals surface area (Å²) in [5.41, 5.74) is 2.58. The van der Waals surface area contributed by atoms with Gasteiger partial charge in [-0.1, -0.05) is 17.7 Å². The van der Waals surface area contributed by atoms with Gasteiger partial charge in [-0.2, -0.15) is 0 Å². The molecule has 0 spiro atoms. The highest BCUT2D eigenvalue weighted by Crippen LogP contribution is 2.19. The lowest BCUT2D eigenvalue weighted by atomic mass is 10.2. The topological polar surface area (TPSA) is 59.1 Å². The third-order valence-corrected chi connectivity index (χ3v) is 5.31. The lowest BCUT2D eigenvalue weighted by Gasteiger charge is -2.07. The van der Waals surface area contributed by atoms with E-state index in [2.05, 4.69) is 9.71 Å². The monoisotopic (exact) mass is 316 g/mol. The molecule has 0 saturated carbocycles. The molecule has 7 heteroatoms. The van der Waals surface area contributed by atoms with E-state index in [1.54, 1.807) is 23.8 Å². The Morgan fingerprint density at radius 2 is 2.21 bits per heavy atom. The summed E-state index contributed by atoms with van der Waals surface area (Å²) in [6, 6.07) is 4.71. The largest absolute Gasteiger partial charge is 0.253 e. The molecular weight excluding hydrogens is 304 g/mol. The minimum atomic E-state index is -3.50. The lowest BCUT2D eigenvalue weighted by molar-refractivity contribution is 0.582. The van der Waals surface area contributed by atoms with Gasteiger partial charge in [-0.3, -0.25) is 4.98 Å². The van der Waals surface area contributed by atoms with Crippen LogP contribution in [0.25, 0.3) is 0 Å². The lowest BCUT2D eigenvalue weighted by Crippen LogP contribution is -2.25. The van der Waals surface area contributed by atoms with Crippen LogP contribution in [0, 0.1) is 6.92 Å². The molecule has 1 aromatic carbocycles. The molecule has 0 radical (unpaired) electrons. The molecule has 19 heavy (non-hydrogen) atoms. The van der Waals surface area contributed by atoms with Crippen molar-refractivity contribution in [2.75, 3.05) is 6.54 Å². The van der Waals surface area contributed by atoms with E-state index in [0.29, 0.717) is 18.0 Å². The van der Waals surface area contributed by atoms with Gasteiger partial charge in [0.1, 0.15) is 0 Å². The maximum absolute atomic E-state index is 12.0. The van der Waals surface area contributed by atoms with Crippen LogP contribution in [0.4, 0.5) is 0 Å². The highest BCUT2D eigenvalue weighted by molar-refractivity contribution is 7.89. The third kappa shape index (κ3) is 3.76. The van der Waals surface area contributed by atoms with Crippen LogP contribution in [-0.2, 0) is 16.4 Å². The Kier molecular flexibility index (Phi) is 4.57. The summed E-state index contributed by atoms with van der Waals surface area (Å²) >= 11 is 7.44. The van der Waals surface area contributed by atoms with E-state index in [9.17, 15) is 8.42 Å². The van der Waals surface area contributed by atoms with E-state index >= 15 is 0 Å². The summed E-state index contributed by atoms with van der Waals surface area (Å²) in [5.74, 6) is 0. The van der Waals surface area contributed by atoms with Gasteiger partial charge < -0.3 is 0 Å². The molecule has 0 bridgehead atoms. The zero-order valence-electron chi connectivity index (χ0n) is 10.3. The molecule has 1 aromatic heterocycles. The first-order chi connectivity index (χ1) is 8.99. The fourth-order valence-electron chi connectivity index (χ4n) is 1.50. The highest BCUT2D eigenvalue weighted by Gasteiger charge is 2.14. The Balaban J connectivity index is 2.03. The van der Waals surface area contributed by atoms with Crippen molar-refractivity contribution in [3.63, 3.8) is 0 Å². The Hall–Kier alpha value is -0.950. The summed E-state index contributed by atoms with van der Waals surface area (Å²) < 4.78 is 26.6. The summed E-state index contributed by atoms with van der Waals surface area (Å²) in [5, 5.41) is 0.449. The molecule has 0 atom stereocenters. The maximum atomic E-state index is 12.0. The van der Waals surface area contributed by atoms with E-state index in [1.165, 1.54) is 17.4 Å². The number of hydrogen-bond donors (Lipinski definition) is 1. The molecule has 0 aliphatic carbocycles. The van der Waals surface area contributed by atoms with Crippen molar-refractivity contribution >= 4 is 33.0 Å². The second kappa shape index (κ2) is 6.00. The van der Waals surface area contributed by atoms with E-state index in [0.717, 1.165) is 10.4 Å². The molecule has 4 nitrogen and oxygen atoms in total. The maximum Gasteiger partial charge on any atom is 0.240 e. The van der Waals surface area contributed by atoms with Crippen molar-refractivity contribution in [1.29, 1.82) is 0 Å². The van der Waals surface area contributed by atoms with Crippen LogP contribution in [0.5, 0.6) is 0 Å². The molecule has 0 amide bonds. The second-order valence-electron chi connectivity index (χ2n) is 4.03. The van der Waals surface area contributed by atoms with Gasteiger partial charge in [-0.05, 0) is 31.0 Å². The van der Waals surface area contributed by atoms with Gasteiger partial charge in [0.05, 0.1) is 10.4 Å². The number of nitrogens with zero attached hydrogens (tertiary/aromatic N) is 1. The molecule has 2 aromatic rings. The average molecular weight is 317 g/mol. The Morgan fingerprint density at radius 3 is 2.84 bits per heavy atom. The molecule has 1 N–H and O–H groups in total. The third-order valence-electron chi connectivity index (χ3n) is 2.60. The van der Waals surface area contributed by atoms with Gasteiger partial charge in [0, 0.05) is 22.6 Å². The van der Waals surface area contributed by atoms with Crippen molar-refractivity contribution < 1.29 is 8.42 Å². The molecule has 0 aliphatic rings. The van der Waals surface area contributed by atoms with Gasteiger partial charge in [-0.15, -0.1) is 11.3 Å². The van der Waals surface area contributed by atoms with Gasteiger partial charge >= 0.3 is 0 Å². The number of hydrogen-bond acceptors (Lipinski definition) is 4. The summed E-state index contributed by atoms with van der Waals surface area (Å²) in [7, 11) is -3.50. The molecule has 0 unspecified atom stereocenters. The van der Waals surface area contributed by atoms with Crippen molar-refractivity contribution in [3.8, 4) is 0 Å². The summed E-state index contributed by atoms with van der Waals surface area (Å²) in [4.78, 5) is 5.17. The molecule has 0 saturated heterocycles. The van der Waals surface area contributed by atoms with Crippen molar-refractivity contribution in [1.82, 2.24) is 9.71 Å². The van der Waals surface area contributed by atoms with E-state index in [1.807, 2.05) is 6.92 Å².